The minimum Gasteiger partial charge on any atom is -0.466 e. The van der Waals surface area contributed by atoms with E-state index in [1.807, 2.05) is 0 Å². The second-order valence-electron chi connectivity index (χ2n) is 21.2. The number of rotatable bonds is 3. The van der Waals surface area contributed by atoms with Gasteiger partial charge in [0.25, 0.3) is 0 Å². The molecule has 0 saturated carbocycles. The predicted molar refractivity (Wildman–Crippen MR) is 272 cm³/mol. The smallest absolute Gasteiger partial charge is 0.375 e. The fourth-order valence-corrected chi connectivity index (χ4v) is 11.8. The molecule has 2 aromatic heterocycles. The van der Waals surface area contributed by atoms with Crippen LogP contribution in [0.2, 0.25) is 0 Å². The van der Waals surface area contributed by atoms with E-state index in [1.54, 1.807) is 0 Å². The van der Waals surface area contributed by atoms with Crippen LogP contribution in [0, 0.1) is 0 Å². The summed E-state index contributed by atoms with van der Waals surface area (Å²) in [6.07, 6.45) is 2.28. The van der Waals surface area contributed by atoms with Gasteiger partial charge < -0.3 is 13.8 Å². The average molecular weight is 827 g/mol. The lowest BCUT2D eigenvalue weighted by atomic mass is 9.47. The zero-order valence-corrected chi connectivity index (χ0v) is 37.8. The fourth-order valence-electron chi connectivity index (χ4n) is 11.8. The summed E-state index contributed by atoms with van der Waals surface area (Å²) >= 11 is 0. The number of anilines is 3. The van der Waals surface area contributed by atoms with Crippen LogP contribution in [0.4, 0.5) is 17.1 Å². The number of hydrogen-bond donors (Lipinski definition) is 0. The molecule has 0 atom stereocenters. The molecule has 0 saturated heterocycles. The molecule has 0 N–H and O–H groups in total. The molecular weight excluding hydrogens is 775 g/mol. The maximum absolute atomic E-state index is 7.65. The van der Waals surface area contributed by atoms with Gasteiger partial charge in [0, 0.05) is 44.0 Å². The molecule has 13 rings (SSSR count). The molecule has 2 aliphatic heterocycles. The second-order valence-corrected chi connectivity index (χ2v) is 21.2. The van der Waals surface area contributed by atoms with E-state index >= 15 is 0 Å². The molecule has 3 nitrogen and oxygen atoms in total. The minimum atomic E-state index is -0.211. The zero-order valence-electron chi connectivity index (χ0n) is 37.8. The van der Waals surface area contributed by atoms with Gasteiger partial charge >= 0.3 is 6.85 Å². The van der Waals surface area contributed by atoms with Gasteiger partial charge in [-0.05, 0) is 133 Å². The second kappa shape index (κ2) is 12.9. The van der Waals surface area contributed by atoms with Crippen LogP contribution in [-0.2, 0) is 16.2 Å². The Bertz CT molecular complexity index is 3600. The van der Waals surface area contributed by atoms with Crippen molar-refractivity contribution < 1.29 is 4.42 Å². The maximum atomic E-state index is 7.65. The zero-order chi connectivity index (χ0) is 43.4. The Labute approximate surface area is 376 Å². The topological polar surface area (TPSA) is 21.3 Å². The predicted octanol–water partition coefficient (Wildman–Crippen LogP) is 15.1. The van der Waals surface area contributed by atoms with Gasteiger partial charge in [-0.3, -0.25) is 0 Å². The van der Waals surface area contributed by atoms with E-state index in [4.69, 9.17) is 4.42 Å². The first-order valence-corrected chi connectivity index (χ1v) is 23.2. The van der Waals surface area contributed by atoms with E-state index in [-0.39, 0.29) is 23.1 Å². The lowest BCUT2D eigenvalue weighted by Gasteiger charge is -2.42. The SMILES string of the molecule is CC(C)(C)c1ccc(N2c3cc(-c4ccccc4)cc4c3B(c3oc5cc6c(cc5c32)C(C)(C)CCC6(C)C)n2c3cc5ccccc5cc3c3cccc-4c32)c(-c2ccccc2)c1. The molecule has 0 fully saturated rings. The Morgan fingerprint density at radius 2 is 1.20 bits per heavy atom. The molecule has 10 aromatic rings. The quantitative estimate of drug-likeness (QED) is 0.166. The highest BCUT2D eigenvalue weighted by molar-refractivity contribution is 6.89. The van der Waals surface area contributed by atoms with Crippen molar-refractivity contribution in [3.63, 3.8) is 0 Å². The van der Waals surface area contributed by atoms with Crippen LogP contribution in [0.1, 0.15) is 78.0 Å². The number of benzene rings is 8. The fraction of sp³-hybridized carbons (Fsp3) is 0.200. The molecule has 0 radical (unpaired) electrons. The van der Waals surface area contributed by atoms with E-state index in [1.165, 1.54) is 99.2 Å². The van der Waals surface area contributed by atoms with Crippen LogP contribution in [0.15, 0.2) is 162 Å². The van der Waals surface area contributed by atoms with Crippen molar-refractivity contribution in [1.82, 2.24) is 4.48 Å². The van der Waals surface area contributed by atoms with Crippen LogP contribution in [0.5, 0.6) is 0 Å². The van der Waals surface area contributed by atoms with Crippen molar-refractivity contribution in [1.29, 1.82) is 0 Å². The van der Waals surface area contributed by atoms with Crippen molar-refractivity contribution in [2.24, 2.45) is 0 Å². The lowest BCUT2D eigenvalue weighted by Crippen LogP contribution is -2.56. The maximum Gasteiger partial charge on any atom is 0.375 e. The first-order valence-electron chi connectivity index (χ1n) is 23.2. The van der Waals surface area contributed by atoms with Crippen molar-refractivity contribution in [3.8, 4) is 33.4 Å². The molecule has 8 aromatic carbocycles. The monoisotopic (exact) mass is 826 g/mol. The van der Waals surface area contributed by atoms with E-state index < -0.39 is 0 Å². The Kier molecular flexibility index (Phi) is 7.62. The molecule has 0 amide bonds. The van der Waals surface area contributed by atoms with Gasteiger partial charge in [0.1, 0.15) is 11.2 Å². The summed E-state index contributed by atoms with van der Waals surface area (Å²) < 4.78 is 10.3. The standard InChI is InChI=1S/C60H51BN2O/c1-58(2,3)41-25-26-50(44(33-41)37-19-12-9-13-20-37)62-52-32-40(36-17-10-8-11-18-36)30-46-43-24-16-23-42-45-29-38-21-14-15-22-39(38)31-51(45)63(55(42)43)61(54(46)52)57-56(62)47-34-48-49(35-53(47)64-57)60(6,7)28-27-59(48,4)5/h8-26,29-35H,27-28H2,1-7H3. The highest BCUT2D eigenvalue weighted by atomic mass is 16.3. The molecule has 4 heteroatoms. The number of nitrogens with zero attached hydrogens (tertiary/aromatic N) is 2. The summed E-state index contributed by atoms with van der Waals surface area (Å²) in [5, 5.41) is 6.22. The van der Waals surface area contributed by atoms with Crippen LogP contribution in [-0.4, -0.2) is 11.3 Å². The van der Waals surface area contributed by atoms with Crippen molar-refractivity contribution >= 4 is 78.6 Å². The van der Waals surface area contributed by atoms with E-state index in [0.29, 0.717) is 0 Å². The molecule has 310 valence electrons. The first kappa shape index (κ1) is 37.8. The van der Waals surface area contributed by atoms with Crippen molar-refractivity contribution in [2.75, 3.05) is 4.90 Å². The third kappa shape index (κ3) is 5.23. The molecule has 0 unspecified atom stereocenters. The number of para-hydroxylation sites is 1. The van der Waals surface area contributed by atoms with E-state index in [2.05, 4.69) is 216 Å². The highest BCUT2D eigenvalue weighted by Gasteiger charge is 2.48. The number of aromatic nitrogens is 1. The van der Waals surface area contributed by atoms with Crippen LogP contribution >= 0.6 is 0 Å². The summed E-state index contributed by atoms with van der Waals surface area (Å²) in [6.45, 7) is 16.5. The van der Waals surface area contributed by atoms with Gasteiger partial charge in [0.05, 0.1) is 11.4 Å². The Morgan fingerprint density at radius 3 is 1.92 bits per heavy atom. The average Bonchev–Trinajstić information content (AvgIpc) is 3.83. The molecule has 64 heavy (non-hydrogen) atoms. The summed E-state index contributed by atoms with van der Waals surface area (Å²) in [5.74, 6) is 0. The highest BCUT2D eigenvalue weighted by Crippen LogP contribution is 2.54. The van der Waals surface area contributed by atoms with Crippen LogP contribution in [0.3, 0.4) is 0 Å². The van der Waals surface area contributed by atoms with E-state index in [9.17, 15) is 0 Å². The Morgan fingerprint density at radius 1 is 0.531 bits per heavy atom. The molecule has 0 spiro atoms. The number of furan rings is 1. The number of hydrogen-bond acceptors (Lipinski definition) is 2. The van der Waals surface area contributed by atoms with Gasteiger partial charge in [-0.15, -0.1) is 0 Å². The largest absolute Gasteiger partial charge is 0.466 e. The van der Waals surface area contributed by atoms with Crippen LogP contribution in [0.25, 0.3) is 76.9 Å². The molecule has 3 aliphatic rings. The van der Waals surface area contributed by atoms with Gasteiger partial charge in [0.15, 0.2) is 0 Å². The number of fused-ring (bicyclic) bond motifs is 11. The molecule has 0 bridgehead atoms. The van der Waals surface area contributed by atoms with E-state index in [0.717, 1.165) is 35.5 Å². The van der Waals surface area contributed by atoms with Crippen molar-refractivity contribution in [2.45, 2.75) is 77.6 Å². The summed E-state index contributed by atoms with van der Waals surface area (Å²) in [4.78, 5) is 2.61. The van der Waals surface area contributed by atoms with Gasteiger partial charge in [-0.2, -0.15) is 0 Å². The van der Waals surface area contributed by atoms with Crippen LogP contribution < -0.4 is 16.0 Å². The Balaban J connectivity index is 1.23. The summed E-state index contributed by atoms with van der Waals surface area (Å²) in [5.41, 5.74) is 20.7. The first-order chi connectivity index (χ1) is 30.9. The molecule has 1 aliphatic carbocycles. The van der Waals surface area contributed by atoms with Gasteiger partial charge in [-0.25, -0.2) is 0 Å². The molecule has 4 heterocycles. The summed E-state index contributed by atoms with van der Waals surface area (Å²) in [6, 6.07) is 59.7. The molecular formula is C60H51BN2O. The summed E-state index contributed by atoms with van der Waals surface area (Å²) in [7, 11) is 0. The third-order valence-corrected chi connectivity index (χ3v) is 15.3. The van der Waals surface area contributed by atoms with Crippen molar-refractivity contribution in [3.05, 3.63) is 174 Å². The lowest BCUT2D eigenvalue weighted by molar-refractivity contribution is 0.332. The third-order valence-electron chi connectivity index (χ3n) is 15.3. The van der Waals surface area contributed by atoms with Gasteiger partial charge in [0.2, 0.25) is 0 Å². The normalized spacial score (nSPS) is 15.8. The Hall–Kier alpha value is -6.78. The minimum absolute atomic E-state index is 0.0193. The van der Waals surface area contributed by atoms with Gasteiger partial charge in [-0.1, -0.05) is 158 Å².